The van der Waals surface area contributed by atoms with Crippen LogP contribution in [0.2, 0.25) is 0 Å². The first kappa shape index (κ1) is 31.0. The molecule has 3 aliphatic heterocycles. The molecule has 0 unspecified atom stereocenters. The summed E-state index contributed by atoms with van der Waals surface area (Å²) < 4.78 is 64.6. The lowest BCUT2D eigenvalue weighted by molar-refractivity contribution is -0.190. The van der Waals surface area contributed by atoms with Crippen LogP contribution in [0.4, 0.5) is 17.6 Å². The highest BCUT2D eigenvalue weighted by Crippen LogP contribution is 2.42. The van der Waals surface area contributed by atoms with E-state index in [-0.39, 0.29) is 54.3 Å². The molecule has 0 spiro atoms. The Morgan fingerprint density at radius 2 is 2.07 bits per heavy atom. The number of hydrogen-bond donors (Lipinski definition) is 3. The molecular formula is C27H29F4N5O6S. The van der Waals surface area contributed by atoms with Crippen molar-refractivity contribution in [3.8, 4) is 0 Å². The van der Waals surface area contributed by atoms with Crippen LogP contribution in [0.25, 0.3) is 0 Å². The third kappa shape index (κ3) is 5.76. The average molecular weight is 628 g/mol. The standard InChI is InChI=1S/C27H29F4N5O6S/c1-13-14(4-5-15(28)19(13)29)20-18(24(37)41-3)16(33-22(34-20)23-32-7-9-43-23)10-35-12-27(30,31)21-17(35)11-42-36(21)8-6-26(2,40)25(38)39/h4-5,7,9,17,20-21,40H,6,8,10-12H2,1-3H3,(H,33,34)(H,38,39)/t17-,20+,21+,26+/m1/s1. The molecule has 4 atom stereocenters. The van der Waals surface area contributed by atoms with Gasteiger partial charge in [0.15, 0.2) is 28.1 Å². The number of esters is 1. The molecule has 3 aliphatic rings. The number of thiazole rings is 1. The molecule has 0 radical (unpaired) electrons. The van der Waals surface area contributed by atoms with Gasteiger partial charge in [0.2, 0.25) is 0 Å². The summed E-state index contributed by atoms with van der Waals surface area (Å²) in [6, 6.07) is -1.28. The molecule has 43 heavy (non-hydrogen) atoms. The van der Waals surface area contributed by atoms with E-state index in [1.807, 2.05) is 0 Å². The molecular weight excluding hydrogens is 598 g/mol. The third-order valence-corrected chi connectivity index (χ3v) is 8.66. The lowest BCUT2D eigenvalue weighted by Crippen LogP contribution is -2.47. The number of hydroxylamine groups is 2. The third-order valence-electron chi connectivity index (χ3n) is 7.88. The van der Waals surface area contributed by atoms with E-state index in [2.05, 4.69) is 15.3 Å². The largest absolute Gasteiger partial charge is 0.479 e. The molecule has 5 rings (SSSR count). The SMILES string of the molecule is COC(=O)C1=C(CN2CC(F)(F)[C@@H]3[C@H]2CON3CC[C@](C)(O)C(=O)O)NC(c2nccs2)=N[C@H]1c1ccc(F)c(F)c1C. The van der Waals surface area contributed by atoms with E-state index in [9.17, 15) is 28.6 Å². The van der Waals surface area contributed by atoms with Gasteiger partial charge < -0.3 is 20.3 Å². The van der Waals surface area contributed by atoms with Gasteiger partial charge in [0.1, 0.15) is 12.1 Å². The van der Waals surface area contributed by atoms with Gasteiger partial charge >= 0.3 is 11.9 Å². The molecule has 11 nitrogen and oxygen atoms in total. The van der Waals surface area contributed by atoms with Gasteiger partial charge in [-0.15, -0.1) is 11.3 Å². The van der Waals surface area contributed by atoms with Crippen molar-refractivity contribution >= 4 is 29.1 Å². The van der Waals surface area contributed by atoms with Gasteiger partial charge in [-0.05, 0) is 31.0 Å². The molecule has 4 heterocycles. The Hall–Kier alpha value is -3.44. The Balaban J connectivity index is 1.51. The number of aliphatic hydroxyl groups is 1. The van der Waals surface area contributed by atoms with Gasteiger partial charge in [-0.1, -0.05) is 6.07 Å². The van der Waals surface area contributed by atoms with Crippen molar-refractivity contribution in [3.05, 3.63) is 62.7 Å². The van der Waals surface area contributed by atoms with Crippen molar-refractivity contribution < 1.29 is 46.9 Å². The molecule has 2 saturated heterocycles. The smallest absolute Gasteiger partial charge is 0.338 e. The highest BCUT2D eigenvalue weighted by atomic mass is 32.1. The first-order valence-corrected chi connectivity index (χ1v) is 14.1. The molecule has 16 heteroatoms. The van der Waals surface area contributed by atoms with Crippen molar-refractivity contribution in [2.75, 3.05) is 33.4 Å². The number of carboxylic acids is 1. The average Bonchev–Trinajstić information content (AvgIpc) is 3.69. The van der Waals surface area contributed by atoms with Crippen LogP contribution in [-0.2, 0) is 19.2 Å². The predicted octanol–water partition coefficient (Wildman–Crippen LogP) is 2.41. The number of nitrogens with zero attached hydrogens (tertiary/aromatic N) is 4. The van der Waals surface area contributed by atoms with Gasteiger partial charge in [0.25, 0.3) is 5.92 Å². The molecule has 232 valence electrons. The Bertz CT molecular complexity index is 1480. The van der Waals surface area contributed by atoms with E-state index >= 15 is 8.78 Å². The molecule has 2 aromatic rings. The van der Waals surface area contributed by atoms with Crippen LogP contribution >= 0.6 is 11.3 Å². The Morgan fingerprint density at radius 1 is 1.33 bits per heavy atom. The topological polar surface area (TPSA) is 137 Å². The summed E-state index contributed by atoms with van der Waals surface area (Å²) in [5.41, 5.74) is -1.96. The number of benzene rings is 1. The minimum atomic E-state index is -3.31. The number of alkyl halides is 2. The number of nitrogens with one attached hydrogen (secondary N) is 1. The maximum Gasteiger partial charge on any atom is 0.338 e. The number of hydrogen-bond acceptors (Lipinski definition) is 11. The quantitative estimate of drug-likeness (QED) is 0.281. The number of aromatic nitrogens is 1. The normalized spacial score (nSPS) is 25.2. The van der Waals surface area contributed by atoms with E-state index in [1.54, 1.807) is 5.38 Å². The second kappa shape index (κ2) is 11.6. The Labute approximate surface area is 247 Å². The first-order valence-electron chi connectivity index (χ1n) is 13.2. The van der Waals surface area contributed by atoms with Crippen LogP contribution in [0.1, 0.15) is 35.5 Å². The minimum Gasteiger partial charge on any atom is -0.479 e. The Kier molecular flexibility index (Phi) is 8.34. The number of aliphatic imine (C=N–C) groups is 1. The molecule has 1 aromatic carbocycles. The summed E-state index contributed by atoms with van der Waals surface area (Å²) in [6.45, 7) is 1.04. The van der Waals surface area contributed by atoms with E-state index in [0.29, 0.717) is 5.01 Å². The molecule has 2 fully saturated rings. The Morgan fingerprint density at radius 3 is 2.72 bits per heavy atom. The van der Waals surface area contributed by atoms with Crippen LogP contribution in [0.3, 0.4) is 0 Å². The van der Waals surface area contributed by atoms with Crippen molar-refractivity contribution in [2.45, 2.75) is 49.9 Å². The van der Waals surface area contributed by atoms with Crippen LogP contribution in [0, 0.1) is 18.6 Å². The number of rotatable bonds is 9. The van der Waals surface area contributed by atoms with Crippen molar-refractivity contribution in [3.63, 3.8) is 0 Å². The molecule has 3 N–H and O–H groups in total. The lowest BCUT2D eigenvalue weighted by Gasteiger charge is -2.31. The number of likely N-dealkylation sites (tertiary alicyclic amines) is 1. The van der Waals surface area contributed by atoms with Crippen LogP contribution in [0.5, 0.6) is 0 Å². The second-order valence-electron chi connectivity index (χ2n) is 10.7. The number of ether oxygens (including phenoxy) is 1. The number of halogens is 4. The summed E-state index contributed by atoms with van der Waals surface area (Å²) in [7, 11) is 1.14. The maximum atomic E-state index is 15.5. The molecule has 1 aromatic heterocycles. The second-order valence-corrected chi connectivity index (χ2v) is 11.6. The summed E-state index contributed by atoms with van der Waals surface area (Å²) in [5.74, 6) is -7.63. The summed E-state index contributed by atoms with van der Waals surface area (Å²) in [4.78, 5) is 40.3. The molecule has 0 amide bonds. The zero-order valence-electron chi connectivity index (χ0n) is 23.3. The summed E-state index contributed by atoms with van der Waals surface area (Å²) in [6.07, 6.45) is 1.17. The summed E-state index contributed by atoms with van der Waals surface area (Å²) in [5, 5.41) is 25.4. The van der Waals surface area contributed by atoms with Crippen molar-refractivity contribution in [2.24, 2.45) is 4.99 Å². The van der Waals surface area contributed by atoms with E-state index < -0.39 is 59.8 Å². The molecule has 0 saturated carbocycles. The highest BCUT2D eigenvalue weighted by Gasteiger charge is 2.61. The summed E-state index contributed by atoms with van der Waals surface area (Å²) >= 11 is 1.22. The fourth-order valence-electron chi connectivity index (χ4n) is 5.54. The zero-order valence-corrected chi connectivity index (χ0v) is 24.1. The maximum absolute atomic E-state index is 15.5. The monoisotopic (exact) mass is 627 g/mol. The number of amidine groups is 1. The number of methoxy groups -OCH3 is 1. The molecule has 0 aliphatic carbocycles. The molecule has 0 bridgehead atoms. The van der Waals surface area contributed by atoms with Gasteiger partial charge in [-0.2, -0.15) is 5.06 Å². The number of aliphatic carboxylic acids is 1. The number of carboxylic acid groups (broad SMARTS) is 1. The van der Waals surface area contributed by atoms with Gasteiger partial charge in [0.05, 0.1) is 31.9 Å². The van der Waals surface area contributed by atoms with Gasteiger partial charge in [-0.3, -0.25) is 14.7 Å². The van der Waals surface area contributed by atoms with Crippen LogP contribution in [0.15, 0.2) is 40.0 Å². The number of carbonyl (C=O) groups excluding carboxylic acids is 1. The van der Waals surface area contributed by atoms with Crippen LogP contribution < -0.4 is 5.32 Å². The van der Waals surface area contributed by atoms with Crippen molar-refractivity contribution in [1.82, 2.24) is 20.3 Å². The highest BCUT2D eigenvalue weighted by molar-refractivity contribution is 7.11. The van der Waals surface area contributed by atoms with E-state index in [1.165, 1.54) is 35.4 Å². The van der Waals surface area contributed by atoms with Crippen molar-refractivity contribution in [1.29, 1.82) is 0 Å². The van der Waals surface area contributed by atoms with E-state index in [0.717, 1.165) is 25.2 Å². The first-order chi connectivity index (χ1) is 20.2. The number of carbonyl (C=O) groups is 2. The van der Waals surface area contributed by atoms with Crippen LogP contribution in [-0.4, -0.2) is 99.9 Å². The number of fused-ring (bicyclic) bond motifs is 1. The zero-order chi connectivity index (χ0) is 31.3. The van der Waals surface area contributed by atoms with Gasteiger partial charge in [0, 0.05) is 36.8 Å². The van der Waals surface area contributed by atoms with E-state index in [4.69, 9.17) is 9.57 Å². The predicted molar refractivity (Wildman–Crippen MR) is 144 cm³/mol. The fourth-order valence-corrected chi connectivity index (χ4v) is 6.12. The minimum absolute atomic E-state index is 0.0723. The fraction of sp³-hybridized carbons (Fsp3) is 0.481. The van der Waals surface area contributed by atoms with Gasteiger partial charge in [-0.25, -0.2) is 32.1 Å². The lowest BCUT2D eigenvalue weighted by atomic mass is 9.92.